The summed E-state index contributed by atoms with van der Waals surface area (Å²) in [5, 5.41) is 18.3. The van der Waals surface area contributed by atoms with Crippen LogP contribution in [0.1, 0.15) is 16.7 Å². The molecule has 0 unspecified atom stereocenters. The van der Waals surface area contributed by atoms with Crippen molar-refractivity contribution in [1.82, 2.24) is 9.78 Å². The van der Waals surface area contributed by atoms with Crippen LogP contribution in [0.2, 0.25) is 0 Å². The number of carbonyl (C=O) groups excluding carboxylic acids is 1. The van der Waals surface area contributed by atoms with Crippen LogP contribution in [-0.2, 0) is 4.79 Å². The maximum atomic E-state index is 13.0. The minimum absolute atomic E-state index is 0.0341. The van der Waals surface area contributed by atoms with E-state index in [1.807, 2.05) is 98.8 Å². The van der Waals surface area contributed by atoms with Crippen molar-refractivity contribution in [2.45, 2.75) is 13.8 Å². The fraction of sp³-hybridized carbons (Fsp3) is 0.0690. The number of aryl methyl sites for hydroxylation is 2. The lowest BCUT2D eigenvalue weighted by molar-refractivity contribution is -0.112. The summed E-state index contributed by atoms with van der Waals surface area (Å²) in [6, 6.07) is 26.9. The summed E-state index contributed by atoms with van der Waals surface area (Å²) in [6.07, 6.45) is 3.34. The molecule has 0 aliphatic carbocycles. The lowest BCUT2D eigenvalue weighted by atomic mass is 10.1. The first-order valence-corrected chi connectivity index (χ1v) is 11.2. The standard InChI is InChI=1S/C29H22N4O2/c1-19-12-13-24(14-20(19)2)31-29(34)22(17-30)15-23-18-33(25-9-4-3-5-10-25)32-28(23)27-16-21-8-6-7-11-26(21)35-27/h3-16,18H,1-2H3,(H,31,34). The van der Waals surface area contributed by atoms with Gasteiger partial charge in [-0.1, -0.05) is 42.5 Å². The van der Waals surface area contributed by atoms with Crippen molar-refractivity contribution in [2.75, 3.05) is 5.32 Å². The van der Waals surface area contributed by atoms with Crippen LogP contribution >= 0.6 is 0 Å². The maximum absolute atomic E-state index is 13.0. The second-order valence-corrected chi connectivity index (χ2v) is 8.28. The lowest BCUT2D eigenvalue weighted by Crippen LogP contribution is -2.13. The van der Waals surface area contributed by atoms with E-state index in [1.54, 1.807) is 17.0 Å². The third-order valence-electron chi connectivity index (χ3n) is 5.85. The van der Waals surface area contributed by atoms with Crippen molar-refractivity contribution in [3.63, 3.8) is 0 Å². The highest BCUT2D eigenvalue weighted by Gasteiger charge is 2.18. The van der Waals surface area contributed by atoms with Crippen LogP contribution in [-0.4, -0.2) is 15.7 Å². The summed E-state index contributed by atoms with van der Waals surface area (Å²) in [4.78, 5) is 13.0. The number of nitriles is 1. The van der Waals surface area contributed by atoms with Gasteiger partial charge in [0.2, 0.25) is 0 Å². The third-order valence-corrected chi connectivity index (χ3v) is 5.85. The Hall–Kier alpha value is -4.89. The molecule has 0 aliphatic heterocycles. The number of hydrogen-bond donors (Lipinski definition) is 1. The van der Waals surface area contributed by atoms with E-state index < -0.39 is 5.91 Å². The molecule has 0 saturated carbocycles. The summed E-state index contributed by atoms with van der Waals surface area (Å²) in [7, 11) is 0. The average Bonchev–Trinajstić information content (AvgIpc) is 3.49. The summed E-state index contributed by atoms with van der Waals surface area (Å²) >= 11 is 0. The van der Waals surface area contributed by atoms with Gasteiger partial charge in [-0.05, 0) is 67.4 Å². The number of fused-ring (bicyclic) bond motifs is 1. The Labute approximate surface area is 202 Å². The van der Waals surface area contributed by atoms with Crippen LogP contribution in [0.4, 0.5) is 5.69 Å². The van der Waals surface area contributed by atoms with E-state index in [1.165, 1.54) is 0 Å². The molecule has 3 aromatic carbocycles. The van der Waals surface area contributed by atoms with Crippen molar-refractivity contribution < 1.29 is 9.21 Å². The monoisotopic (exact) mass is 458 g/mol. The van der Waals surface area contributed by atoms with Gasteiger partial charge in [0.05, 0.1) is 5.69 Å². The lowest BCUT2D eigenvalue weighted by Gasteiger charge is -2.07. The van der Waals surface area contributed by atoms with E-state index in [4.69, 9.17) is 9.52 Å². The SMILES string of the molecule is Cc1ccc(NC(=O)C(C#N)=Cc2cn(-c3ccccc3)nc2-c2cc3ccccc3o2)cc1C. The van der Waals surface area contributed by atoms with Gasteiger partial charge in [-0.3, -0.25) is 4.79 Å². The number of nitrogens with zero attached hydrogens (tertiary/aromatic N) is 3. The second-order valence-electron chi connectivity index (χ2n) is 8.28. The van der Waals surface area contributed by atoms with E-state index >= 15 is 0 Å². The van der Waals surface area contributed by atoms with Gasteiger partial charge in [0.1, 0.15) is 22.9 Å². The van der Waals surface area contributed by atoms with Crippen LogP contribution in [0.15, 0.2) is 95.0 Å². The van der Waals surface area contributed by atoms with Crippen LogP contribution in [0.3, 0.4) is 0 Å². The molecule has 1 amide bonds. The summed E-state index contributed by atoms with van der Waals surface area (Å²) in [5.74, 6) is 0.0674. The van der Waals surface area contributed by atoms with E-state index in [-0.39, 0.29) is 5.57 Å². The molecular formula is C29H22N4O2. The molecule has 0 atom stereocenters. The van der Waals surface area contributed by atoms with E-state index in [0.29, 0.717) is 22.7 Å². The largest absolute Gasteiger partial charge is 0.454 e. The topological polar surface area (TPSA) is 83.9 Å². The quantitative estimate of drug-likeness (QED) is 0.242. The maximum Gasteiger partial charge on any atom is 0.266 e. The van der Waals surface area contributed by atoms with Crippen molar-refractivity contribution in [3.8, 4) is 23.2 Å². The van der Waals surface area contributed by atoms with Gasteiger partial charge in [-0.2, -0.15) is 10.4 Å². The molecule has 5 aromatic rings. The van der Waals surface area contributed by atoms with Crippen molar-refractivity contribution >= 4 is 28.6 Å². The van der Waals surface area contributed by atoms with E-state index in [0.717, 1.165) is 27.8 Å². The number of anilines is 1. The first kappa shape index (κ1) is 21.9. The number of hydrogen-bond acceptors (Lipinski definition) is 4. The van der Waals surface area contributed by atoms with Crippen molar-refractivity contribution in [1.29, 1.82) is 5.26 Å². The zero-order chi connectivity index (χ0) is 24.4. The molecule has 0 aliphatic rings. The molecule has 35 heavy (non-hydrogen) atoms. The molecule has 2 aromatic heterocycles. The van der Waals surface area contributed by atoms with Gasteiger partial charge in [-0.15, -0.1) is 0 Å². The Morgan fingerprint density at radius 3 is 2.51 bits per heavy atom. The van der Waals surface area contributed by atoms with Crippen LogP contribution < -0.4 is 5.32 Å². The first-order chi connectivity index (χ1) is 17.0. The molecule has 1 N–H and O–H groups in total. The molecule has 6 nitrogen and oxygen atoms in total. The summed E-state index contributed by atoms with van der Waals surface area (Å²) < 4.78 is 7.76. The van der Waals surface area contributed by atoms with Crippen LogP contribution in [0, 0.1) is 25.2 Å². The highest BCUT2D eigenvalue weighted by atomic mass is 16.3. The number of nitrogens with one attached hydrogen (secondary N) is 1. The molecular weight excluding hydrogens is 436 g/mol. The third kappa shape index (κ3) is 4.48. The molecule has 6 heteroatoms. The number of amides is 1. The van der Waals surface area contributed by atoms with Crippen molar-refractivity contribution in [3.05, 3.63) is 107 Å². The molecule has 0 radical (unpaired) electrons. The summed E-state index contributed by atoms with van der Waals surface area (Å²) in [5.41, 5.74) is 5.51. The number of aromatic nitrogens is 2. The van der Waals surface area contributed by atoms with E-state index in [9.17, 15) is 10.1 Å². The number of benzene rings is 3. The van der Waals surface area contributed by atoms with Gasteiger partial charge < -0.3 is 9.73 Å². The zero-order valence-electron chi connectivity index (χ0n) is 19.3. The predicted octanol–water partition coefficient (Wildman–Crippen LogP) is 6.45. The zero-order valence-corrected chi connectivity index (χ0v) is 19.3. The van der Waals surface area contributed by atoms with Gasteiger partial charge in [-0.25, -0.2) is 4.68 Å². The Kier molecular flexibility index (Phi) is 5.74. The minimum atomic E-state index is -0.487. The highest BCUT2D eigenvalue weighted by Crippen LogP contribution is 2.31. The molecule has 0 bridgehead atoms. The van der Waals surface area contributed by atoms with Crippen molar-refractivity contribution in [2.24, 2.45) is 0 Å². The Morgan fingerprint density at radius 1 is 1.00 bits per heavy atom. The Balaban J connectivity index is 1.57. The number of furan rings is 1. The fourth-order valence-corrected chi connectivity index (χ4v) is 3.82. The number of para-hydroxylation sites is 2. The molecule has 170 valence electrons. The Bertz CT molecular complexity index is 1580. The van der Waals surface area contributed by atoms with E-state index in [2.05, 4.69) is 5.32 Å². The number of carbonyl (C=O) groups is 1. The normalized spacial score (nSPS) is 11.4. The second kappa shape index (κ2) is 9.16. The first-order valence-electron chi connectivity index (χ1n) is 11.2. The molecule has 0 spiro atoms. The Morgan fingerprint density at radius 2 is 1.77 bits per heavy atom. The molecule has 5 rings (SSSR count). The molecule has 0 saturated heterocycles. The van der Waals surface area contributed by atoms with Gasteiger partial charge >= 0.3 is 0 Å². The summed E-state index contributed by atoms with van der Waals surface area (Å²) in [6.45, 7) is 3.98. The molecule has 2 heterocycles. The number of rotatable bonds is 5. The fourth-order valence-electron chi connectivity index (χ4n) is 3.82. The minimum Gasteiger partial charge on any atom is -0.454 e. The highest BCUT2D eigenvalue weighted by molar-refractivity contribution is 6.10. The van der Waals surface area contributed by atoms with Gasteiger partial charge in [0, 0.05) is 22.8 Å². The smallest absolute Gasteiger partial charge is 0.266 e. The average molecular weight is 459 g/mol. The predicted molar refractivity (Wildman–Crippen MR) is 137 cm³/mol. The van der Waals surface area contributed by atoms with Crippen LogP contribution in [0.5, 0.6) is 0 Å². The van der Waals surface area contributed by atoms with Gasteiger partial charge in [0.25, 0.3) is 5.91 Å². The van der Waals surface area contributed by atoms with Crippen LogP contribution in [0.25, 0.3) is 34.2 Å². The van der Waals surface area contributed by atoms with Gasteiger partial charge in [0.15, 0.2) is 5.76 Å². The molecule has 0 fully saturated rings.